The summed E-state index contributed by atoms with van der Waals surface area (Å²) in [6.07, 6.45) is 0. The third-order valence-electron chi connectivity index (χ3n) is 2.68. The molecule has 1 heterocycles. The van der Waals surface area contributed by atoms with E-state index in [9.17, 15) is 9.59 Å². The van der Waals surface area contributed by atoms with Crippen LogP contribution < -0.4 is 16.4 Å². The molecule has 1 aromatic rings. The fourth-order valence-electron chi connectivity index (χ4n) is 1.53. The van der Waals surface area contributed by atoms with Crippen LogP contribution in [0.25, 0.3) is 0 Å². The van der Waals surface area contributed by atoms with Crippen LogP contribution in [0.4, 0.5) is 11.4 Å². The number of rotatable bonds is 3. The van der Waals surface area contributed by atoms with Gasteiger partial charge in [0, 0.05) is 23.0 Å². The molecule has 1 atom stereocenters. The van der Waals surface area contributed by atoms with Gasteiger partial charge in [-0.2, -0.15) is 0 Å². The maximum Gasteiger partial charge on any atom is 0.234 e. The van der Waals surface area contributed by atoms with Gasteiger partial charge in [0.15, 0.2) is 0 Å². The van der Waals surface area contributed by atoms with Gasteiger partial charge in [0.25, 0.3) is 0 Å². The van der Waals surface area contributed by atoms with Crippen LogP contribution in [-0.4, -0.2) is 24.1 Å². The summed E-state index contributed by atoms with van der Waals surface area (Å²) in [6, 6.07) is 5.48. The van der Waals surface area contributed by atoms with Gasteiger partial charge >= 0.3 is 0 Å². The molecular formula is C12H15N3O2S. The summed E-state index contributed by atoms with van der Waals surface area (Å²) in [4.78, 5) is 24.0. The summed E-state index contributed by atoms with van der Waals surface area (Å²) in [5.41, 5.74) is 6.85. The van der Waals surface area contributed by atoms with E-state index in [4.69, 9.17) is 5.73 Å². The maximum absolute atomic E-state index is 11.7. The predicted octanol–water partition coefficient (Wildman–Crippen LogP) is 1.26. The Morgan fingerprint density at radius 1 is 1.61 bits per heavy atom. The molecule has 4 N–H and O–H groups in total. The molecule has 1 unspecified atom stereocenters. The lowest BCUT2D eigenvalue weighted by Gasteiger charge is -2.17. The van der Waals surface area contributed by atoms with Crippen molar-refractivity contribution in [1.29, 1.82) is 0 Å². The number of nitrogens with one attached hydrogen (secondary N) is 2. The zero-order chi connectivity index (χ0) is 13.1. The van der Waals surface area contributed by atoms with Crippen molar-refractivity contribution in [3.8, 4) is 0 Å². The second-order valence-electron chi connectivity index (χ2n) is 4.17. The summed E-state index contributed by atoms with van der Waals surface area (Å²) in [7, 11) is 0. The summed E-state index contributed by atoms with van der Waals surface area (Å²) in [6.45, 7) is 2.08. The van der Waals surface area contributed by atoms with Gasteiger partial charge in [-0.1, -0.05) is 6.92 Å². The van der Waals surface area contributed by atoms with Gasteiger partial charge in [-0.3, -0.25) is 9.59 Å². The minimum Gasteiger partial charge on any atom is -0.330 e. The SMILES string of the molecule is CC(CN)C(=O)Nc1ccc2c(c1)NC(=O)CS2. The zero-order valence-electron chi connectivity index (χ0n) is 10.0. The highest BCUT2D eigenvalue weighted by Gasteiger charge is 2.16. The molecule has 0 spiro atoms. The lowest BCUT2D eigenvalue weighted by atomic mass is 10.1. The van der Waals surface area contributed by atoms with Gasteiger partial charge in [0.05, 0.1) is 11.4 Å². The van der Waals surface area contributed by atoms with Gasteiger partial charge in [-0.05, 0) is 18.2 Å². The number of fused-ring (bicyclic) bond motifs is 1. The van der Waals surface area contributed by atoms with Gasteiger partial charge in [-0.15, -0.1) is 11.8 Å². The lowest BCUT2D eigenvalue weighted by Crippen LogP contribution is -2.26. The molecule has 5 nitrogen and oxygen atoms in total. The molecule has 0 radical (unpaired) electrons. The first-order valence-corrected chi connectivity index (χ1v) is 6.66. The molecule has 0 fully saturated rings. The predicted molar refractivity (Wildman–Crippen MR) is 72.6 cm³/mol. The Hall–Kier alpha value is -1.53. The van der Waals surface area contributed by atoms with Crippen molar-refractivity contribution in [2.24, 2.45) is 11.7 Å². The molecule has 18 heavy (non-hydrogen) atoms. The quantitative estimate of drug-likeness (QED) is 0.768. The van der Waals surface area contributed by atoms with Crippen molar-refractivity contribution < 1.29 is 9.59 Å². The van der Waals surface area contributed by atoms with E-state index in [1.807, 2.05) is 12.1 Å². The maximum atomic E-state index is 11.7. The molecule has 0 saturated carbocycles. The number of amides is 2. The number of nitrogens with two attached hydrogens (primary N) is 1. The van der Waals surface area contributed by atoms with Crippen LogP contribution in [0.15, 0.2) is 23.1 Å². The average Bonchev–Trinajstić information content (AvgIpc) is 2.37. The number of hydrogen-bond acceptors (Lipinski definition) is 4. The third kappa shape index (κ3) is 2.83. The largest absolute Gasteiger partial charge is 0.330 e. The van der Waals surface area contributed by atoms with Crippen LogP contribution >= 0.6 is 11.8 Å². The van der Waals surface area contributed by atoms with Gasteiger partial charge in [0.2, 0.25) is 11.8 Å². The highest BCUT2D eigenvalue weighted by Crippen LogP contribution is 2.33. The first kappa shape index (κ1) is 12.9. The Bertz CT molecular complexity index is 490. The summed E-state index contributed by atoms with van der Waals surface area (Å²) < 4.78 is 0. The fourth-order valence-corrected chi connectivity index (χ4v) is 2.32. The van der Waals surface area contributed by atoms with Gasteiger partial charge in [0.1, 0.15) is 0 Å². The molecule has 0 aromatic heterocycles. The number of benzene rings is 1. The minimum absolute atomic E-state index is 0.0219. The summed E-state index contributed by atoms with van der Waals surface area (Å²) >= 11 is 1.49. The van der Waals surface area contributed by atoms with Crippen molar-refractivity contribution in [2.45, 2.75) is 11.8 Å². The van der Waals surface area contributed by atoms with E-state index in [-0.39, 0.29) is 17.7 Å². The van der Waals surface area contributed by atoms with Crippen molar-refractivity contribution in [1.82, 2.24) is 0 Å². The highest BCUT2D eigenvalue weighted by atomic mass is 32.2. The number of carbonyl (C=O) groups excluding carboxylic acids is 2. The smallest absolute Gasteiger partial charge is 0.234 e. The standard InChI is InChI=1S/C12H15N3O2S/c1-7(5-13)12(17)14-8-2-3-10-9(4-8)15-11(16)6-18-10/h2-4,7H,5-6,13H2,1H3,(H,14,17)(H,15,16). The van der Waals surface area contributed by atoms with E-state index < -0.39 is 0 Å². The van der Waals surface area contributed by atoms with Crippen LogP contribution in [0.5, 0.6) is 0 Å². The number of hydrogen-bond donors (Lipinski definition) is 3. The summed E-state index contributed by atoms with van der Waals surface area (Å²) in [5.74, 6) is 0.0617. The van der Waals surface area contributed by atoms with E-state index in [2.05, 4.69) is 10.6 Å². The Kier molecular flexibility index (Phi) is 3.88. The fraction of sp³-hybridized carbons (Fsp3) is 0.333. The van der Waals surface area contributed by atoms with E-state index in [0.717, 1.165) is 10.6 Å². The molecule has 0 saturated heterocycles. The van der Waals surface area contributed by atoms with Gasteiger partial charge in [-0.25, -0.2) is 0 Å². The molecule has 2 amide bonds. The van der Waals surface area contributed by atoms with Crippen molar-refractivity contribution in [3.63, 3.8) is 0 Å². The average molecular weight is 265 g/mol. The lowest BCUT2D eigenvalue weighted by molar-refractivity contribution is -0.119. The van der Waals surface area contributed by atoms with Crippen LogP contribution in [0, 0.1) is 5.92 Å². The van der Waals surface area contributed by atoms with E-state index >= 15 is 0 Å². The molecule has 0 bridgehead atoms. The number of carbonyl (C=O) groups is 2. The monoisotopic (exact) mass is 265 g/mol. The van der Waals surface area contributed by atoms with E-state index in [1.54, 1.807) is 13.0 Å². The van der Waals surface area contributed by atoms with Crippen LogP contribution in [0.1, 0.15) is 6.92 Å². The van der Waals surface area contributed by atoms with E-state index in [1.165, 1.54) is 11.8 Å². The van der Waals surface area contributed by atoms with Crippen molar-refractivity contribution in [2.75, 3.05) is 22.9 Å². The molecule has 96 valence electrons. The van der Waals surface area contributed by atoms with E-state index in [0.29, 0.717) is 18.0 Å². The van der Waals surface area contributed by atoms with Gasteiger partial charge < -0.3 is 16.4 Å². The topological polar surface area (TPSA) is 84.2 Å². The molecule has 6 heteroatoms. The first-order chi connectivity index (χ1) is 8.60. The molecule has 1 aromatic carbocycles. The number of anilines is 2. The molecule has 0 aliphatic carbocycles. The number of thioether (sulfide) groups is 1. The van der Waals surface area contributed by atoms with Crippen LogP contribution in [0.2, 0.25) is 0 Å². The molecule has 2 rings (SSSR count). The third-order valence-corrected chi connectivity index (χ3v) is 3.75. The first-order valence-electron chi connectivity index (χ1n) is 5.68. The minimum atomic E-state index is -0.231. The normalized spacial score (nSPS) is 15.6. The Morgan fingerprint density at radius 2 is 2.39 bits per heavy atom. The van der Waals surface area contributed by atoms with Crippen LogP contribution in [0.3, 0.4) is 0 Å². The Balaban J connectivity index is 2.13. The zero-order valence-corrected chi connectivity index (χ0v) is 10.8. The molecule has 1 aliphatic heterocycles. The highest BCUT2D eigenvalue weighted by molar-refractivity contribution is 8.00. The Morgan fingerprint density at radius 3 is 3.11 bits per heavy atom. The van der Waals surface area contributed by atoms with Crippen molar-refractivity contribution >= 4 is 35.0 Å². The van der Waals surface area contributed by atoms with Crippen molar-refractivity contribution in [3.05, 3.63) is 18.2 Å². The molecular weight excluding hydrogens is 250 g/mol. The second kappa shape index (κ2) is 5.41. The second-order valence-corrected chi connectivity index (χ2v) is 5.19. The van der Waals surface area contributed by atoms with Crippen LogP contribution in [-0.2, 0) is 9.59 Å². The Labute approximate surface area is 110 Å². The summed E-state index contributed by atoms with van der Waals surface area (Å²) in [5, 5.41) is 5.56. The molecule has 1 aliphatic rings.